The number of anilines is 1. The van der Waals surface area contributed by atoms with Crippen LogP contribution in [0.4, 0.5) is 9.80 Å². The molecular weight excluding hydrogens is 440 g/mol. The van der Waals surface area contributed by atoms with Gasteiger partial charge >= 0.3 is 12.0 Å². The summed E-state index contributed by atoms with van der Waals surface area (Å²) in [6.07, 6.45) is 4.21. The van der Waals surface area contributed by atoms with Gasteiger partial charge in [-0.15, -0.1) is 11.3 Å². The first-order valence-electron chi connectivity index (χ1n) is 9.51. The van der Waals surface area contributed by atoms with Crippen LogP contribution in [0, 0.1) is 5.92 Å². The highest BCUT2D eigenvalue weighted by atomic mass is 35.5. The Hall–Kier alpha value is -2.88. The van der Waals surface area contributed by atoms with Gasteiger partial charge in [-0.05, 0) is 30.0 Å². The van der Waals surface area contributed by atoms with Crippen LogP contribution in [-0.4, -0.2) is 35.6 Å². The van der Waals surface area contributed by atoms with Gasteiger partial charge in [0.1, 0.15) is 11.0 Å². The zero-order chi connectivity index (χ0) is 23.1. The lowest BCUT2D eigenvalue weighted by molar-refractivity contribution is -0.139. The van der Waals surface area contributed by atoms with Gasteiger partial charge in [-0.25, -0.2) is 4.79 Å². The Morgan fingerprint density at radius 3 is 2.48 bits per heavy atom. The number of halogens is 1. The third-order valence-electron chi connectivity index (χ3n) is 4.29. The van der Waals surface area contributed by atoms with Gasteiger partial charge in [-0.1, -0.05) is 49.7 Å². The maximum absolute atomic E-state index is 11.6. The normalized spacial score (nSPS) is 12.3. The number of aliphatic carboxylic acids is 1. The van der Waals surface area contributed by atoms with Crippen molar-refractivity contribution in [3.8, 4) is 10.4 Å². The lowest BCUT2D eigenvalue weighted by Crippen LogP contribution is -2.37. The summed E-state index contributed by atoms with van der Waals surface area (Å²) in [5, 5.41) is 15.4. The van der Waals surface area contributed by atoms with Crippen molar-refractivity contribution >= 4 is 51.9 Å². The van der Waals surface area contributed by atoms with Crippen LogP contribution in [0.2, 0.25) is 5.02 Å². The Kier molecular flexibility index (Phi) is 8.61. The molecule has 2 aromatic rings. The summed E-state index contributed by atoms with van der Waals surface area (Å²) in [5.41, 5.74) is 12.2. The van der Waals surface area contributed by atoms with Crippen LogP contribution in [0.15, 0.2) is 30.3 Å². The average molecular weight is 465 g/mol. The number of carbonyl (C=O) groups is 3. The molecule has 0 aliphatic carbocycles. The molecule has 0 saturated heterocycles. The zero-order valence-electron chi connectivity index (χ0n) is 17.1. The summed E-state index contributed by atoms with van der Waals surface area (Å²) in [5.74, 6) is -1.28. The molecule has 0 spiro atoms. The molecule has 0 bridgehead atoms. The Bertz CT molecular complexity index is 1000. The van der Waals surface area contributed by atoms with E-state index in [1.165, 1.54) is 0 Å². The summed E-state index contributed by atoms with van der Waals surface area (Å²) in [6, 6.07) is 5.54. The third kappa shape index (κ3) is 7.09. The molecule has 10 heteroatoms. The molecule has 0 aliphatic heterocycles. The first kappa shape index (κ1) is 24.4. The lowest BCUT2D eigenvalue weighted by Gasteiger charge is -2.15. The summed E-state index contributed by atoms with van der Waals surface area (Å²) in [6.45, 7) is 4.35. The number of primary amides is 2. The van der Waals surface area contributed by atoms with Crippen molar-refractivity contribution in [1.29, 1.82) is 0 Å². The topological polar surface area (TPSA) is 148 Å². The van der Waals surface area contributed by atoms with E-state index in [9.17, 15) is 19.5 Å². The average Bonchev–Trinajstić information content (AvgIpc) is 3.06. The fourth-order valence-corrected chi connectivity index (χ4v) is 4.35. The Balaban J connectivity index is 2.13. The molecule has 0 unspecified atom stereocenters. The molecule has 8 nitrogen and oxygen atoms in total. The van der Waals surface area contributed by atoms with Crippen molar-refractivity contribution in [2.75, 3.05) is 11.9 Å². The molecule has 7 N–H and O–H groups in total. The van der Waals surface area contributed by atoms with Crippen molar-refractivity contribution < 1.29 is 19.5 Å². The minimum atomic E-state index is -0.869. The van der Waals surface area contributed by atoms with E-state index in [2.05, 4.69) is 10.6 Å². The molecule has 0 saturated carbocycles. The smallest absolute Gasteiger partial charge is 0.320 e. The molecule has 0 aliphatic rings. The van der Waals surface area contributed by atoms with E-state index in [1.807, 2.05) is 32.1 Å². The molecule has 1 aromatic carbocycles. The van der Waals surface area contributed by atoms with Gasteiger partial charge in [-0.3, -0.25) is 14.9 Å². The molecule has 1 aromatic heterocycles. The number of hydrogen-bond acceptors (Lipinski definition) is 5. The van der Waals surface area contributed by atoms with E-state index in [1.54, 1.807) is 18.2 Å². The number of carboxylic acid groups (broad SMARTS) is 1. The predicted molar refractivity (Wildman–Crippen MR) is 124 cm³/mol. The third-order valence-corrected chi connectivity index (χ3v) is 5.69. The van der Waals surface area contributed by atoms with Gasteiger partial charge in [0.25, 0.3) is 5.91 Å². The molecule has 0 radical (unpaired) electrons. The minimum Gasteiger partial charge on any atom is -0.480 e. The van der Waals surface area contributed by atoms with Crippen molar-refractivity contribution in [2.45, 2.75) is 26.3 Å². The van der Waals surface area contributed by atoms with Crippen LogP contribution >= 0.6 is 22.9 Å². The highest BCUT2D eigenvalue weighted by Gasteiger charge is 2.18. The second kappa shape index (κ2) is 10.9. The summed E-state index contributed by atoms with van der Waals surface area (Å²) in [7, 11) is 0. The molecule has 31 heavy (non-hydrogen) atoms. The molecular formula is C21H25ClN4O4S. The van der Waals surface area contributed by atoms with Gasteiger partial charge < -0.3 is 21.9 Å². The van der Waals surface area contributed by atoms with Crippen LogP contribution < -0.4 is 22.1 Å². The van der Waals surface area contributed by atoms with E-state index in [-0.39, 0.29) is 16.5 Å². The van der Waals surface area contributed by atoms with Crippen LogP contribution in [-0.2, 0) is 4.79 Å². The number of carbonyl (C=O) groups excluding carboxylic acids is 2. The predicted octanol–water partition coefficient (Wildman–Crippen LogP) is 3.76. The Labute approximate surface area is 189 Å². The largest absolute Gasteiger partial charge is 0.480 e. The lowest BCUT2D eigenvalue weighted by atomic mass is 10.0. The first-order valence-corrected chi connectivity index (χ1v) is 10.7. The number of thiophene rings is 1. The number of rotatable bonds is 10. The van der Waals surface area contributed by atoms with Crippen molar-refractivity contribution in [2.24, 2.45) is 17.4 Å². The van der Waals surface area contributed by atoms with Gasteiger partial charge in [0.05, 0.1) is 5.56 Å². The fourth-order valence-electron chi connectivity index (χ4n) is 2.89. The highest BCUT2D eigenvalue weighted by molar-refractivity contribution is 7.20. The Morgan fingerprint density at radius 1 is 1.23 bits per heavy atom. The SMILES string of the molecule is CC(C)C[C@H](NC/C=C/c1ccc(-c2cc(C(N)=O)c(NC(N)=O)s2)c(Cl)c1)C(=O)O. The zero-order valence-corrected chi connectivity index (χ0v) is 18.7. The van der Waals surface area contributed by atoms with Crippen LogP contribution in [0.3, 0.4) is 0 Å². The Morgan fingerprint density at radius 2 is 1.94 bits per heavy atom. The van der Waals surface area contributed by atoms with Gasteiger partial charge in [0, 0.05) is 22.0 Å². The van der Waals surface area contributed by atoms with Gasteiger partial charge in [-0.2, -0.15) is 0 Å². The number of carboxylic acids is 1. The van der Waals surface area contributed by atoms with Gasteiger partial charge in [0.2, 0.25) is 0 Å². The number of urea groups is 1. The maximum Gasteiger partial charge on any atom is 0.320 e. The summed E-state index contributed by atoms with van der Waals surface area (Å²) < 4.78 is 0. The number of hydrogen-bond donors (Lipinski definition) is 5. The fraction of sp³-hybridized carbons (Fsp3) is 0.286. The standard InChI is InChI=1S/C21H25ClN4O4S/c1-11(2)8-16(20(28)29)25-7-3-4-12-5-6-13(15(22)9-12)17-10-14(18(23)27)19(31-17)26-21(24)30/h3-6,9-11,16,25H,7-8H2,1-2H3,(H2,23,27)(H,28,29)(H3,24,26,30)/b4-3+/t16-/m0/s1. The van der Waals surface area contributed by atoms with Crippen molar-refractivity contribution in [3.63, 3.8) is 0 Å². The number of amides is 3. The van der Waals surface area contributed by atoms with E-state index < -0.39 is 23.9 Å². The summed E-state index contributed by atoms with van der Waals surface area (Å²) in [4.78, 5) is 34.7. The minimum absolute atomic E-state index is 0.152. The molecule has 2 rings (SSSR count). The van der Waals surface area contributed by atoms with E-state index in [4.69, 9.17) is 23.1 Å². The number of nitrogens with two attached hydrogens (primary N) is 2. The van der Waals surface area contributed by atoms with Crippen molar-refractivity contribution in [1.82, 2.24) is 5.32 Å². The second-order valence-corrected chi connectivity index (χ2v) is 8.74. The number of benzene rings is 1. The summed E-state index contributed by atoms with van der Waals surface area (Å²) >= 11 is 7.56. The van der Waals surface area contributed by atoms with Gasteiger partial charge in [0.15, 0.2) is 0 Å². The van der Waals surface area contributed by atoms with Crippen LogP contribution in [0.1, 0.15) is 36.2 Å². The molecule has 166 valence electrons. The van der Waals surface area contributed by atoms with Crippen LogP contribution in [0.5, 0.6) is 0 Å². The van der Waals surface area contributed by atoms with Crippen molar-refractivity contribution in [3.05, 3.63) is 46.5 Å². The quantitative estimate of drug-likeness (QED) is 0.363. The van der Waals surface area contributed by atoms with E-state index in [0.29, 0.717) is 28.4 Å². The molecule has 0 fully saturated rings. The molecule has 1 heterocycles. The van der Waals surface area contributed by atoms with E-state index >= 15 is 0 Å². The molecule has 1 atom stereocenters. The van der Waals surface area contributed by atoms with E-state index in [0.717, 1.165) is 16.9 Å². The molecule has 3 amide bonds. The number of nitrogens with one attached hydrogen (secondary N) is 2. The first-order chi connectivity index (χ1) is 14.6. The second-order valence-electron chi connectivity index (χ2n) is 7.28. The monoisotopic (exact) mass is 464 g/mol. The van der Waals surface area contributed by atoms with Crippen LogP contribution in [0.25, 0.3) is 16.5 Å². The highest BCUT2D eigenvalue weighted by Crippen LogP contribution is 2.38. The maximum atomic E-state index is 11.6.